The van der Waals surface area contributed by atoms with Crippen LogP contribution >= 0.6 is 0 Å². The van der Waals surface area contributed by atoms with Crippen molar-refractivity contribution < 1.29 is 13.2 Å². The summed E-state index contributed by atoms with van der Waals surface area (Å²) in [6.07, 6.45) is 0.466. The van der Waals surface area contributed by atoms with Crippen molar-refractivity contribution in [2.24, 2.45) is 0 Å². The summed E-state index contributed by atoms with van der Waals surface area (Å²) < 4.78 is 33.4. The summed E-state index contributed by atoms with van der Waals surface area (Å²) in [5.74, 6) is 0. The largest absolute Gasteiger partial charge is 0.372 e. The normalized spacial score (nSPS) is 22.4. The van der Waals surface area contributed by atoms with Gasteiger partial charge >= 0.3 is 0 Å². The van der Waals surface area contributed by atoms with Crippen LogP contribution in [-0.2, 0) is 21.2 Å². The Morgan fingerprint density at radius 3 is 2.54 bits per heavy atom. The molecule has 0 amide bonds. The molecule has 1 aliphatic rings. The Morgan fingerprint density at radius 2 is 1.83 bits per heavy atom. The van der Waals surface area contributed by atoms with Gasteiger partial charge in [-0.15, -0.1) is 0 Å². The van der Waals surface area contributed by atoms with E-state index in [1.54, 1.807) is 22.5 Å². The molecule has 0 aliphatic carbocycles. The molecular formula is C19H23NO3S. The lowest BCUT2D eigenvalue weighted by Crippen LogP contribution is -2.49. The Kier molecular flexibility index (Phi) is 5.04. The molecule has 24 heavy (non-hydrogen) atoms. The van der Waals surface area contributed by atoms with E-state index in [4.69, 9.17) is 4.74 Å². The summed E-state index contributed by atoms with van der Waals surface area (Å²) in [4.78, 5) is 0.357. The maximum Gasteiger partial charge on any atom is 0.243 e. The molecule has 2 aromatic rings. The highest BCUT2D eigenvalue weighted by atomic mass is 32.2. The van der Waals surface area contributed by atoms with Gasteiger partial charge in [0, 0.05) is 13.1 Å². The van der Waals surface area contributed by atoms with Crippen LogP contribution in [0.25, 0.3) is 0 Å². The number of morpholine rings is 1. The van der Waals surface area contributed by atoms with E-state index in [9.17, 15) is 8.42 Å². The summed E-state index contributed by atoms with van der Waals surface area (Å²) >= 11 is 0. The first-order valence-corrected chi connectivity index (χ1v) is 9.65. The van der Waals surface area contributed by atoms with Crippen LogP contribution in [0.15, 0.2) is 59.5 Å². The third-order valence-corrected chi connectivity index (χ3v) is 6.05. The number of hydrogen-bond acceptors (Lipinski definition) is 3. The summed E-state index contributed by atoms with van der Waals surface area (Å²) in [7, 11) is -3.49. The maximum atomic E-state index is 13.0. The molecule has 1 fully saturated rings. The molecule has 4 nitrogen and oxygen atoms in total. The van der Waals surface area contributed by atoms with Crippen molar-refractivity contribution in [3.8, 4) is 0 Å². The molecule has 2 unspecified atom stereocenters. The van der Waals surface area contributed by atoms with Crippen molar-refractivity contribution in [1.82, 2.24) is 4.31 Å². The minimum atomic E-state index is -3.49. The highest BCUT2D eigenvalue weighted by molar-refractivity contribution is 7.89. The fourth-order valence-corrected chi connectivity index (χ4v) is 4.77. The molecule has 0 N–H and O–H groups in total. The number of rotatable bonds is 4. The van der Waals surface area contributed by atoms with Crippen molar-refractivity contribution >= 4 is 10.0 Å². The molecular weight excluding hydrogens is 322 g/mol. The van der Waals surface area contributed by atoms with Crippen molar-refractivity contribution in [3.63, 3.8) is 0 Å². The molecule has 2 atom stereocenters. The Balaban J connectivity index is 1.80. The number of hydrogen-bond donors (Lipinski definition) is 0. The number of sulfonamides is 1. The summed E-state index contributed by atoms with van der Waals surface area (Å²) in [6.45, 7) is 4.60. The van der Waals surface area contributed by atoms with Crippen LogP contribution in [0.3, 0.4) is 0 Å². The van der Waals surface area contributed by atoms with Gasteiger partial charge < -0.3 is 4.74 Å². The Hall–Kier alpha value is -1.69. The smallest absolute Gasteiger partial charge is 0.243 e. The average Bonchev–Trinajstić information content (AvgIpc) is 2.55. The number of aryl methyl sites for hydroxylation is 1. The molecule has 0 radical (unpaired) electrons. The van der Waals surface area contributed by atoms with Gasteiger partial charge in [0.25, 0.3) is 0 Å². The third kappa shape index (κ3) is 3.86. The minimum absolute atomic E-state index is 0.118. The van der Waals surface area contributed by atoms with Crippen molar-refractivity contribution in [1.29, 1.82) is 0 Å². The Bertz CT molecular complexity index is 789. The highest BCUT2D eigenvalue weighted by Crippen LogP contribution is 2.23. The monoisotopic (exact) mass is 345 g/mol. The van der Waals surface area contributed by atoms with Crippen molar-refractivity contribution in [3.05, 3.63) is 65.7 Å². The van der Waals surface area contributed by atoms with E-state index in [1.165, 1.54) is 0 Å². The van der Waals surface area contributed by atoms with E-state index in [-0.39, 0.29) is 12.2 Å². The number of nitrogens with zero attached hydrogens (tertiary/aromatic N) is 1. The fourth-order valence-electron chi connectivity index (χ4n) is 3.11. The van der Waals surface area contributed by atoms with Crippen LogP contribution in [0, 0.1) is 6.92 Å². The molecule has 3 rings (SSSR count). The lowest BCUT2D eigenvalue weighted by atomic mass is 10.1. The van der Waals surface area contributed by atoms with E-state index in [0.717, 1.165) is 11.1 Å². The Labute approximate surface area is 144 Å². The molecule has 0 aromatic heterocycles. The van der Waals surface area contributed by atoms with Crippen LogP contribution in [0.4, 0.5) is 0 Å². The summed E-state index contributed by atoms with van der Waals surface area (Å²) in [5.41, 5.74) is 2.10. The van der Waals surface area contributed by atoms with Crippen LogP contribution < -0.4 is 0 Å². The SMILES string of the molecule is Cc1cccc(S(=O)(=O)N2CC(C)OC(Cc3ccccc3)C2)c1. The van der Waals surface area contributed by atoms with E-state index in [0.29, 0.717) is 24.4 Å². The average molecular weight is 345 g/mol. The topological polar surface area (TPSA) is 46.6 Å². The Morgan fingerprint density at radius 1 is 1.08 bits per heavy atom. The van der Waals surface area contributed by atoms with Crippen LogP contribution in [0.5, 0.6) is 0 Å². The lowest BCUT2D eigenvalue weighted by molar-refractivity contribution is -0.0529. The lowest BCUT2D eigenvalue weighted by Gasteiger charge is -2.36. The zero-order valence-electron chi connectivity index (χ0n) is 14.1. The zero-order chi connectivity index (χ0) is 17.2. The molecule has 1 saturated heterocycles. The molecule has 1 aliphatic heterocycles. The second kappa shape index (κ2) is 7.05. The number of ether oxygens (including phenoxy) is 1. The zero-order valence-corrected chi connectivity index (χ0v) is 14.9. The van der Waals surface area contributed by atoms with Gasteiger partial charge in [-0.2, -0.15) is 4.31 Å². The quantitative estimate of drug-likeness (QED) is 0.856. The molecule has 5 heteroatoms. The second-order valence-electron chi connectivity index (χ2n) is 6.40. The minimum Gasteiger partial charge on any atom is -0.372 e. The van der Waals surface area contributed by atoms with Gasteiger partial charge in [-0.05, 0) is 43.5 Å². The fraction of sp³-hybridized carbons (Fsp3) is 0.368. The summed E-state index contributed by atoms with van der Waals surface area (Å²) in [6, 6.07) is 17.1. The number of benzene rings is 2. The van der Waals surface area contributed by atoms with Gasteiger partial charge in [-0.3, -0.25) is 0 Å². The molecule has 128 valence electrons. The molecule has 1 heterocycles. The first kappa shape index (κ1) is 17.1. The maximum absolute atomic E-state index is 13.0. The van der Waals surface area contributed by atoms with Gasteiger partial charge in [0.15, 0.2) is 0 Å². The van der Waals surface area contributed by atoms with Gasteiger partial charge in [0.2, 0.25) is 10.0 Å². The summed E-state index contributed by atoms with van der Waals surface area (Å²) in [5, 5.41) is 0. The standard InChI is InChI=1S/C19H23NO3S/c1-15-7-6-10-19(11-15)24(21,22)20-13-16(2)23-18(14-20)12-17-8-4-3-5-9-17/h3-11,16,18H,12-14H2,1-2H3. The van der Waals surface area contributed by atoms with Gasteiger partial charge in [0.1, 0.15) is 0 Å². The van der Waals surface area contributed by atoms with Crippen LogP contribution in [0.2, 0.25) is 0 Å². The first-order valence-electron chi connectivity index (χ1n) is 8.21. The highest BCUT2D eigenvalue weighted by Gasteiger charge is 2.33. The second-order valence-corrected chi connectivity index (χ2v) is 8.33. The van der Waals surface area contributed by atoms with Crippen LogP contribution in [-0.4, -0.2) is 38.0 Å². The van der Waals surface area contributed by atoms with Crippen molar-refractivity contribution in [2.45, 2.75) is 37.4 Å². The van der Waals surface area contributed by atoms with E-state index in [1.807, 2.05) is 50.2 Å². The predicted molar refractivity (Wildman–Crippen MR) is 94.4 cm³/mol. The van der Waals surface area contributed by atoms with Crippen molar-refractivity contribution in [2.75, 3.05) is 13.1 Å². The third-order valence-electron chi connectivity index (χ3n) is 4.23. The molecule has 0 bridgehead atoms. The molecule has 0 spiro atoms. The van der Waals surface area contributed by atoms with Gasteiger partial charge in [-0.1, -0.05) is 42.5 Å². The van der Waals surface area contributed by atoms with E-state index >= 15 is 0 Å². The molecule has 2 aromatic carbocycles. The van der Waals surface area contributed by atoms with E-state index in [2.05, 4.69) is 0 Å². The predicted octanol–water partition coefficient (Wildman–Crippen LogP) is 3.02. The van der Waals surface area contributed by atoms with Gasteiger partial charge in [-0.25, -0.2) is 8.42 Å². The van der Waals surface area contributed by atoms with Crippen LogP contribution in [0.1, 0.15) is 18.1 Å². The van der Waals surface area contributed by atoms with E-state index < -0.39 is 10.0 Å². The molecule has 0 saturated carbocycles. The first-order chi connectivity index (χ1) is 11.4. The van der Waals surface area contributed by atoms with Gasteiger partial charge in [0.05, 0.1) is 17.1 Å².